The Morgan fingerprint density at radius 3 is 1.78 bits per heavy atom. The standard InChI is InChI=1S/C22H30N4.C2H2O4/c1-2-4-20(5-3-1)18-25-14-16-26(17-15-25)22-8-12-24(13-9-22)19-21-6-10-23-11-7-21;3-1(4)2(5)6/h1-7,10-11,22H,8-9,12-19H2;(H,3,4)(H,5,6). The quantitative estimate of drug-likeness (QED) is 0.682. The van der Waals surface area contributed by atoms with Crippen LogP contribution in [0.1, 0.15) is 24.0 Å². The number of aliphatic carboxylic acids is 2. The highest BCUT2D eigenvalue weighted by Gasteiger charge is 2.27. The molecule has 2 fully saturated rings. The van der Waals surface area contributed by atoms with Gasteiger partial charge in [0.2, 0.25) is 0 Å². The summed E-state index contributed by atoms with van der Waals surface area (Å²) in [6.07, 6.45) is 6.42. The van der Waals surface area contributed by atoms with E-state index in [0.717, 1.165) is 19.1 Å². The summed E-state index contributed by atoms with van der Waals surface area (Å²) in [6.45, 7) is 9.45. The lowest BCUT2D eigenvalue weighted by molar-refractivity contribution is -0.159. The Kier molecular flexibility index (Phi) is 9.15. The minimum absolute atomic E-state index is 0.780. The van der Waals surface area contributed by atoms with Gasteiger partial charge in [0, 0.05) is 57.7 Å². The van der Waals surface area contributed by atoms with Gasteiger partial charge in [0.05, 0.1) is 0 Å². The van der Waals surface area contributed by atoms with Crippen molar-refractivity contribution >= 4 is 11.9 Å². The zero-order chi connectivity index (χ0) is 22.8. The number of likely N-dealkylation sites (tertiary alicyclic amines) is 1. The van der Waals surface area contributed by atoms with Crippen LogP contribution in [0.15, 0.2) is 54.9 Å². The van der Waals surface area contributed by atoms with Crippen molar-refractivity contribution < 1.29 is 19.8 Å². The molecular weight excluding hydrogens is 408 g/mol. The fourth-order valence-corrected chi connectivity index (χ4v) is 4.32. The van der Waals surface area contributed by atoms with Crippen LogP contribution in [0.4, 0.5) is 0 Å². The van der Waals surface area contributed by atoms with Gasteiger partial charge >= 0.3 is 11.9 Å². The largest absolute Gasteiger partial charge is 0.473 e. The molecule has 0 aliphatic carbocycles. The van der Waals surface area contributed by atoms with E-state index in [1.165, 1.54) is 63.2 Å². The highest BCUT2D eigenvalue weighted by Crippen LogP contribution is 2.20. The molecule has 2 aliphatic rings. The number of pyridine rings is 1. The van der Waals surface area contributed by atoms with Crippen molar-refractivity contribution in [2.75, 3.05) is 39.3 Å². The number of rotatable bonds is 5. The van der Waals surface area contributed by atoms with E-state index >= 15 is 0 Å². The topological polar surface area (TPSA) is 97.2 Å². The molecule has 2 aliphatic heterocycles. The second-order valence-electron chi connectivity index (χ2n) is 8.27. The Hall–Kier alpha value is -2.81. The van der Waals surface area contributed by atoms with Gasteiger partial charge < -0.3 is 10.2 Å². The van der Waals surface area contributed by atoms with Crippen LogP contribution in [-0.2, 0) is 22.7 Å². The molecule has 8 nitrogen and oxygen atoms in total. The molecule has 0 amide bonds. The van der Waals surface area contributed by atoms with Crippen molar-refractivity contribution in [3.05, 3.63) is 66.0 Å². The summed E-state index contributed by atoms with van der Waals surface area (Å²) in [4.78, 5) is 30.3. The van der Waals surface area contributed by atoms with Crippen LogP contribution in [0.5, 0.6) is 0 Å². The molecule has 1 aromatic heterocycles. The van der Waals surface area contributed by atoms with E-state index in [1.54, 1.807) is 0 Å². The summed E-state index contributed by atoms with van der Waals surface area (Å²) in [5.41, 5.74) is 2.82. The summed E-state index contributed by atoms with van der Waals surface area (Å²) < 4.78 is 0. The Balaban J connectivity index is 0.000000427. The number of piperidine rings is 1. The van der Waals surface area contributed by atoms with Crippen LogP contribution in [0.3, 0.4) is 0 Å². The SMILES string of the molecule is O=C(O)C(=O)O.c1ccc(CN2CCN(C3CCN(Cc4ccncc4)CC3)CC2)cc1. The lowest BCUT2D eigenvalue weighted by Gasteiger charge is -2.42. The smallest absolute Gasteiger partial charge is 0.414 e. The van der Waals surface area contributed by atoms with Gasteiger partial charge in [-0.05, 0) is 49.2 Å². The highest BCUT2D eigenvalue weighted by molar-refractivity contribution is 6.27. The minimum atomic E-state index is -1.82. The molecule has 2 saturated heterocycles. The summed E-state index contributed by atoms with van der Waals surface area (Å²) in [5, 5.41) is 14.8. The number of hydrogen-bond donors (Lipinski definition) is 2. The van der Waals surface area contributed by atoms with Gasteiger partial charge in [0.15, 0.2) is 0 Å². The van der Waals surface area contributed by atoms with Gasteiger partial charge in [0.25, 0.3) is 0 Å². The Morgan fingerprint density at radius 2 is 1.25 bits per heavy atom. The maximum Gasteiger partial charge on any atom is 0.414 e. The first-order chi connectivity index (χ1) is 15.5. The van der Waals surface area contributed by atoms with E-state index in [-0.39, 0.29) is 0 Å². The molecule has 0 saturated carbocycles. The summed E-state index contributed by atoms with van der Waals surface area (Å²) >= 11 is 0. The number of hydrogen-bond acceptors (Lipinski definition) is 6. The average molecular weight is 441 g/mol. The molecule has 1 aromatic carbocycles. The van der Waals surface area contributed by atoms with Crippen molar-refractivity contribution in [1.29, 1.82) is 0 Å². The van der Waals surface area contributed by atoms with E-state index in [0.29, 0.717) is 0 Å². The Bertz CT molecular complexity index is 762. The molecule has 0 unspecified atom stereocenters. The first-order valence-electron chi connectivity index (χ1n) is 11.1. The second kappa shape index (κ2) is 12.3. The number of carboxylic acid groups (broad SMARTS) is 2. The van der Waals surface area contributed by atoms with E-state index < -0.39 is 11.9 Å². The van der Waals surface area contributed by atoms with Crippen LogP contribution in [-0.4, -0.2) is 87.1 Å². The lowest BCUT2D eigenvalue weighted by Crippen LogP contribution is -2.52. The first-order valence-corrected chi connectivity index (χ1v) is 11.1. The summed E-state index contributed by atoms with van der Waals surface area (Å²) in [7, 11) is 0. The number of piperazine rings is 1. The number of aromatic nitrogens is 1. The lowest BCUT2D eigenvalue weighted by atomic mass is 10.0. The van der Waals surface area contributed by atoms with Gasteiger partial charge in [-0.25, -0.2) is 9.59 Å². The minimum Gasteiger partial charge on any atom is -0.473 e. The molecule has 32 heavy (non-hydrogen) atoms. The van der Waals surface area contributed by atoms with E-state index in [4.69, 9.17) is 19.8 Å². The van der Waals surface area contributed by atoms with Gasteiger partial charge in [-0.1, -0.05) is 30.3 Å². The van der Waals surface area contributed by atoms with Crippen LogP contribution in [0, 0.1) is 0 Å². The molecule has 172 valence electrons. The van der Waals surface area contributed by atoms with Crippen LogP contribution >= 0.6 is 0 Å². The Morgan fingerprint density at radius 1 is 0.750 bits per heavy atom. The molecular formula is C24H32N4O4. The molecule has 0 spiro atoms. The third-order valence-electron chi connectivity index (χ3n) is 6.07. The van der Waals surface area contributed by atoms with Crippen molar-refractivity contribution in [3.8, 4) is 0 Å². The van der Waals surface area contributed by atoms with Crippen molar-refractivity contribution in [2.24, 2.45) is 0 Å². The molecule has 4 rings (SSSR count). The van der Waals surface area contributed by atoms with Crippen LogP contribution < -0.4 is 0 Å². The maximum absolute atomic E-state index is 9.10. The highest BCUT2D eigenvalue weighted by atomic mass is 16.4. The number of carboxylic acids is 2. The van der Waals surface area contributed by atoms with Gasteiger partial charge in [-0.3, -0.25) is 19.7 Å². The zero-order valence-corrected chi connectivity index (χ0v) is 18.3. The van der Waals surface area contributed by atoms with Gasteiger partial charge in [-0.15, -0.1) is 0 Å². The fraction of sp³-hybridized carbons (Fsp3) is 0.458. The van der Waals surface area contributed by atoms with Crippen molar-refractivity contribution in [1.82, 2.24) is 19.7 Å². The van der Waals surface area contributed by atoms with Crippen molar-refractivity contribution in [2.45, 2.75) is 32.0 Å². The van der Waals surface area contributed by atoms with Crippen LogP contribution in [0.2, 0.25) is 0 Å². The molecule has 0 bridgehead atoms. The van der Waals surface area contributed by atoms with E-state index in [9.17, 15) is 0 Å². The van der Waals surface area contributed by atoms with Gasteiger partial charge in [0.1, 0.15) is 0 Å². The maximum atomic E-state index is 9.10. The second-order valence-corrected chi connectivity index (χ2v) is 8.27. The average Bonchev–Trinajstić information content (AvgIpc) is 2.82. The number of benzene rings is 1. The van der Waals surface area contributed by atoms with Gasteiger partial charge in [-0.2, -0.15) is 0 Å². The monoisotopic (exact) mass is 440 g/mol. The third kappa shape index (κ3) is 7.71. The molecule has 0 radical (unpaired) electrons. The molecule has 8 heteroatoms. The molecule has 3 heterocycles. The summed E-state index contributed by atoms with van der Waals surface area (Å²) in [6, 6.07) is 15.9. The molecule has 0 atom stereocenters. The molecule has 2 aromatic rings. The fourth-order valence-electron chi connectivity index (χ4n) is 4.32. The van der Waals surface area contributed by atoms with E-state index in [2.05, 4.69) is 62.1 Å². The first kappa shape index (κ1) is 23.8. The number of carbonyl (C=O) groups is 2. The predicted octanol–water partition coefficient (Wildman–Crippen LogP) is 2.02. The number of nitrogens with zero attached hydrogens (tertiary/aromatic N) is 4. The molecule has 2 N–H and O–H groups in total. The third-order valence-corrected chi connectivity index (χ3v) is 6.07. The predicted molar refractivity (Wildman–Crippen MR) is 121 cm³/mol. The summed E-state index contributed by atoms with van der Waals surface area (Å²) in [5.74, 6) is -3.65. The van der Waals surface area contributed by atoms with Crippen molar-refractivity contribution in [3.63, 3.8) is 0 Å². The Labute approximate surface area is 189 Å². The normalized spacial score (nSPS) is 18.5. The van der Waals surface area contributed by atoms with Crippen LogP contribution in [0.25, 0.3) is 0 Å². The van der Waals surface area contributed by atoms with E-state index in [1.807, 2.05) is 12.4 Å². The zero-order valence-electron chi connectivity index (χ0n) is 18.3.